The zero-order valence-electron chi connectivity index (χ0n) is 13.6. The molecule has 3 nitrogen and oxygen atoms in total. The largest absolute Gasteiger partial charge is 0.314 e. The van der Waals surface area contributed by atoms with Gasteiger partial charge in [0.15, 0.2) is 0 Å². The molecule has 1 fully saturated rings. The van der Waals surface area contributed by atoms with Crippen LogP contribution in [0.15, 0.2) is 0 Å². The van der Waals surface area contributed by atoms with E-state index in [0.717, 1.165) is 12.6 Å². The molecule has 0 spiro atoms. The van der Waals surface area contributed by atoms with Gasteiger partial charge in [0.1, 0.15) is 0 Å². The summed E-state index contributed by atoms with van der Waals surface area (Å²) in [5, 5.41) is 3.74. The van der Waals surface area contributed by atoms with Gasteiger partial charge < -0.3 is 10.2 Å². The highest BCUT2D eigenvalue weighted by molar-refractivity contribution is 4.73. The molecule has 0 saturated heterocycles. The SMILES string of the molecule is CCN(CCCNC1CCCCC1)C(C)CN(C)C. The van der Waals surface area contributed by atoms with Gasteiger partial charge in [0.05, 0.1) is 0 Å². The number of rotatable bonds is 9. The van der Waals surface area contributed by atoms with Crippen LogP contribution in [0.4, 0.5) is 0 Å². The van der Waals surface area contributed by atoms with Crippen LogP contribution >= 0.6 is 0 Å². The number of hydrogen-bond acceptors (Lipinski definition) is 3. The highest BCUT2D eigenvalue weighted by Crippen LogP contribution is 2.17. The highest BCUT2D eigenvalue weighted by Gasteiger charge is 2.14. The zero-order chi connectivity index (χ0) is 14.1. The summed E-state index contributed by atoms with van der Waals surface area (Å²) in [4.78, 5) is 4.89. The van der Waals surface area contributed by atoms with Crippen molar-refractivity contribution in [1.82, 2.24) is 15.1 Å². The van der Waals surface area contributed by atoms with Crippen molar-refractivity contribution in [2.45, 2.75) is 64.5 Å². The van der Waals surface area contributed by atoms with Crippen LogP contribution in [0.2, 0.25) is 0 Å². The van der Waals surface area contributed by atoms with Crippen molar-refractivity contribution in [2.75, 3.05) is 40.3 Å². The van der Waals surface area contributed by atoms with Crippen LogP contribution in [0.5, 0.6) is 0 Å². The minimum atomic E-state index is 0.662. The van der Waals surface area contributed by atoms with Gasteiger partial charge >= 0.3 is 0 Å². The van der Waals surface area contributed by atoms with Gasteiger partial charge in [-0.05, 0) is 59.9 Å². The molecule has 1 saturated carbocycles. The molecule has 0 aromatic heterocycles. The van der Waals surface area contributed by atoms with Gasteiger partial charge in [-0.1, -0.05) is 26.2 Å². The van der Waals surface area contributed by atoms with Crippen LogP contribution in [0, 0.1) is 0 Å². The summed E-state index contributed by atoms with van der Waals surface area (Å²) in [6.45, 7) is 9.36. The Labute approximate surface area is 120 Å². The monoisotopic (exact) mass is 269 g/mol. The van der Waals surface area contributed by atoms with Crippen LogP contribution in [-0.4, -0.2) is 62.2 Å². The van der Waals surface area contributed by atoms with Crippen molar-refractivity contribution in [1.29, 1.82) is 0 Å². The van der Waals surface area contributed by atoms with E-state index in [9.17, 15) is 0 Å². The summed E-state index contributed by atoms with van der Waals surface area (Å²) in [6, 6.07) is 1.47. The molecular formula is C16H35N3. The number of likely N-dealkylation sites (N-methyl/N-ethyl adjacent to an activating group) is 2. The lowest BCUT2D eigenvalue weighted by Gasteiger charge is -2.30. The van der Waals surface area contributed by atoms with Crippen molar-refractivity contribution < 1.29 is 0 Å². The highest BCUT2D eigenvalue weighted by atomic mass is 15.2. The summed E-state index contributed by atoms with van der Waals surface area (Å²) < 4.78 is 0. The predicted molar refractivity (Wildman–Crippen MR) is 84.8 cm³/mol. The summed E-state index contributed by atoms with van der Waals surface area (Å²) >= 11 is 0. The molecule has 0 radical (unpaired) electrons. The smallest absolute Gasteiger partial charge is 0.0194 e. The van der Waals surface area contributed by atoms with Crippen LogP contribution in [0.1, 0.15) is 52.4 Å². The van der Waals surface area contributed by atoms with Crippen molar-refractivity contribution in [3.63, 3.8) is 0 Å². The first kappa shape index (κ1) is 16.9. The van der Waals surface area contributed by atoms with E-state index in [2.05, 4.69) is 43.1 Å². The Bertz CT molecular complexity index is 212. The molecule has 0 heterocycles. The second-order valence-electron chi connectivity index (χ2n) is 6.38. The van der Waals surface area contributed by atoms with Gasteiger partial charge in [-0.3, -0.25) is 4.90 Å². The van der Waals surface area contributed by atoms with Gasteiger partial charge in [-0.2, -0.15) is 0 Å². The fourth-order valence-electron chi connectivity index (χ4n) is 3.23. The lowest BCUT2D eigenvalue weighted by Crippen LogP contribution is -2.41. The quantitative estimate of drug-likeness (QED) is 0.649. The Balaban J connectivity index is 2.11. The molecule has 0 aromatic rings. The van der Waals surface area contributed by atoms with E-state index in [-0.39, 0.29) is 0 Å². The molecule has 0 aliphatic heterocycles. The Morgan fingerprint density at radius 2 is 1.84 bits per heavy atom. The molecule has 19 heavy (non-hydrogen) atoms. The Hall–Kier alpha value is -0.120. The summed E-state index contributed by atoms with van der Waals surface area (Å²) in [5.41, 5.74) is 0. The lowest BCUT2D eigenvalue weighted by molar-refractivity contribution is 0.178. The maximum atomic E-state index is 3.74. The third kappa shape index (κ3) is 7.28. The third-order valence-electron chi connectivity index (χ3n) is 4.32. The van der Waals surface area contributed by atoms with Crippen molar-refractivity contribution in [3.8, 4) is 0 Å². The van der Waals surface area contributed by atoms with Crippen molar-refractivity contribution >= 4 is 0 Å². The molecule has 1 N–H and O–H groups in total. The first-order valence-electron chi connectivity index (χ1n) is 8.25. The summed E-state index contributed by atoms with van der Waals surface area (Å²) in [6.07, 6.45) is 8.38. The molecule has 1 rings (SSSR count). The molecule has 0 bridgehead atoms. The van der Waals surface area contributed by atoms with E-state index in [0.29, 0.717) is 6.04 Å². The number of nitrogens with one attached hydrogen (secondary N) is 1. The van der Waals surface area contributed by atoms with E-state index in [1.807, 2.05) is 0 Å². The summed E-state index contributed by atoms with van der Waals surface area (Å²) in [7, 11) is 4.32. The van der Waals surface area contributed by atoms with Gasteiger partial charge in [0.25, 0.3) is 0 Å². The van der Waals surface area contributed by atoms with Crippen LogP contribution in [0.25, 0.3) is 0 Å². The molecule has 1 unspecified atom stereocenters. The first-order chi connectivity index (χ1) is 9.13. The third-order valence-corrected chi connectivity index (χ3v) is 4.32. The first-order valence-corrected chi connectivity index (χ1v) is 8.25. The van der Waals surface area contributed by atoms with Gasteiger partial charge in [-0.15, -0.1) is 0 Å². The second-order valence-corrected chi connectivity index (χ2v) is 6.38. The second kappa shape index (κ2) is 9.73. The number of nitrogens with zero attached hydrogens (tertiary/aromatic N) is 2. The predicted octanol–water partition coefficient (Wildman–Crippen LogP) is 2.57. The zero-order valence-corrected chi connectivity index (χ0v) is 13.6. The van der Waals surface area contributed by atoms with E-state index >= 15 is 0 Å². The minimum absolute atomic E-state index is 0.662. The average Bonchev–Trinajstić information content (AvgIpc) is 2.39. The van der Waals surface area contributed by atoms with E-state index in [1.54, 1.807) is 0 Å². The molecule has 114 valence electrons. The molecule has 1 atom stereocenters. The number of hydrogen-bond donors (Lipinski definition) is 1. The maximum absolute atomic E-state index is 3.74. The van der Waals surface area contributed by atoms with Crippen LogP contribution in [0.3, 0.4) is 0 Å². The van der Waals surface area contributed by atoms with E-state index in [1.165, 1.54) is 58.2 Å². The maximum Gasteiger partial charge on any atom is 0.0194 e. The van der Waals surface area contributed by atoms with Crippen LogP contribution in [-0.2, 0) is 0 Å². The van der Waals surface area contributed by atoms with Crippen molar-refractivity contribution in [3.05, 3.63) is 0 Å². The van der Waals surface area contributed by atoms with Gasteiger partial charge in [-0.25, -0.2) is 0 Å². The normalized spacial score (nSPS) is 19.3. The van der Waals surface area contributed by atoms with Gasteiger partial charge in [0, 0.05) is 18.6 Å². The standard InChI is InChI=1S/C16H35N3/c1-5-19(15(2)14-18(3)4)13-9-12-17-16-10-7-6-8-11-16/h15-17H,5-14H2,1-4H3. The Kier molecular flexibility index (Phi) is 8.67. The topological polar surface area (TPSA) is 18.5 Å². The van der Waals surface area contributed by atoms with E-state index < -0.39 is 0 Å². The minimum Gasteiger partial charge on any atom is -0.314 e. The molecule has 1 aliphatic rings. The molecule has 1 aliphatic carbocycles. The van der Waals surface area contributed by atoms with E-state index in [4.69, 9.17) is 0 Å². The molecule has 3 heteroatoms. The van der Waals surface area contributed by atoms with Crippen molar-refractivity contribution in [2.24, 2.45) is 0 Å². The molecule has 0 aromatic carbocycles. The fourth-order valence-corrected chi connectivity index (χ4v) is 3.23. The lowest BCUT2D eigenvalue weighted by atomic mass is 9.95. The molecule has 0 amide bonds. The average molecular weight is 269 g/mol. The fraction of sp³-hybridized carbons (Fsp3) is 1.00. The Morgan fingerprint density at radius 1 is 1.16 bits per heavy atom. The molecular weight excluding hydrogens is 234 g/mol. The van der Waals surface area contributed by atoms with Crippen LogP contribution < -0.4 is 5.32 Å². The Morgan fingerprint density at radius 3 is 2.42 bits per heavy atom. The van der Waals surface area contributed by atoms with Gasteiger partial charge in [0.2, 0.25) is 0 Å². The summed E-state index contributed by atoms with van der Waals surface area (Å²) in [5.74, 6) is 0.